The maximum Gasteiger partial charge on any atom is 0.0431 e. The van der Waals surface area contributed by atoms with Crippen molar-refractivity contribution in [3.05, 3.63) is 29.8 Å². The Hall–Kier alpha value is -1.10. The van der Waals surface area contributed by atoms with Crippen molar-refractivity contribution in [3.63, 3.8) is 0 Å². The lowest BCUT2D eigenvalue weighted by Gasteiger charge is -2.34. The summed E-state index contributed by atoms with van der Waals surface area (Å²) in [5.41, 5.74) is 2.68. The maximum atomic E-state index is 8.81. The second-order valence-corrected chi connectivity index (χ2v) is 6.47. The first-order valence-electron chi connectivity index (χ1n) is 8.51. The van der Waals surface area contributed by atoms with Gasteiger partial charge in [-0.05, 0) is 43.5 Å². The normalized spacial score (nSPS) is 16.9. The average molecular weight is 305 g/mol. The number of hydrogen-bond donors (Lipinski definition) is 1. The molecule has 4 heteroatoms. The molecule has 2 rings (SSSR count). The van der Waals surface area contributed by atoms with Gasteiger partial charge in [-0.2, -0.15) is 0 Å². The SMILES string of the molecule is CN(C)c1cccc(CN2CCN(CCCCCO)CC2)c1. The van der Waals surface area contributed by atoms with E-state index in [1.54, 1.807) is 0 Å². The van der Waals surface area contributed by atoms with Crippen molar-refractivity contribution in [1.29, 1.82) is 0 Å². The molecule has 22 heavy (non-hydrogen) atoms. The monoisotopic (exact) mass is 305 g/mol. The Balaban J connectivity index is 1.72. The van der Waals surface area contributed by atoms with Crippen LogP contribution in [0.1, 0.15) is 24.8 Å². The van der Waals surface area contributed by atoms with Crippen molar-refractivity contribution >= 4 is 5.69 Å². The van der Waals surface area contributed by atoms with Crippen molar-refractivity contribution in [3.8, 4) is 0 Å². The highest BCUT2D eigenvalue weighted by atomic mass is 16.2. The predicted octanol–water partition coefficient (Wildman–Crippen LogP) is 2.03. The Bertz CT molecular complexity index is 428. The Morgan fingerprint density at radius 2 is 1.73 bits per heavy atom. The Kier molecular flexibility index (Phi) is 7.16. The van der Waals surface area contributed by atoms with Gasteiger partial charge < -0.3 is 14.9 Å². The van der Waals surface area contributed by atoms with Gasteiger partial charge in [0.1, 0.15) is 0 Å². The molecule has 0 atom stereocenters. The molecular formula is C18H31N3O. The first-order valence-corrected chi connectivity index (χ1v) is 8.51. The van der Waals surface area contributed by atoms with E-state index in [0.29, 0.717) is 6.61 Å². The number of aliphatic hydroxyl groups is 1. The molecule has 1 aromatic rings. The summed E-state index contributed by atoms with van der Waals surface area (Å²) in [6.07, 6.45) is 3.31. The van der Waals surface area contributed by atoms with Crippen LogP contribution in [-0.4, -0.2) is 68.3 Å². The van der Waals surface area contributed by atoms with E-state index in [-0.39, 0.29) is 0 Å². The smallest absolute Gasteiger partial charge is 0.0431 e. The third-order valence-electron chi connectivity index (χ3n) is 4.43. The predicted molar refractivity (Wildman–Crippen MR) is 93.4 cm³/mol. The molecule has 1 heterocycles. The first kappa shape index (κ1) is 17.3. The molecule has 1 aliphatic heterocycles. The van der Waals surface area contributed by atoms with Crippen LogP contribution < -0.4 is 4.90 Å². The summed E-state index contributed by atoms with van der Waals surface area (Å²) in [5.74, 6) is 0. The topological polar surface area (TPSA) is 30.0 Å². The van der Waals surface area contributed by atoms with Gasteiger partial charge in [0.05, 0.1) is 0 Å². The molecule has 1 N–H and O–H groups in total. The van der Waals surface area contributed by atoms with Gasteiger partial charge in [-0.15, -0.1) is 0 Å². The standard InChI is InChI=1S/C18H31N3O/c1-19(2)18-8-6-7-17(15-18)16-21-12-10-20(11-13-21)9-4-3-5-14-22/h6-8,15,22H,3-5,9-14,16H2,1-2H3. The minimum absolute atomic E-state index is 0.333. The Morgan fingerprint density at radius 3 is 2.41 bits per heavy atom. The van der Waals surface area contributed by atoms with Crippen LogP contribution in [0.15, 0.2) is 24.3 Å². The summed E-state index contributed by atoms with van der Waals surface area (Å²) in [5, 5.41) is 8.81. The Labute approximate surface area is 135 Å². The lowest BCUT2D eigenvalue weighted by Crippen LogP contribution is -2.46. The summed E-state index contributed by atoms with van der Waals surface area (Å²) >= 11 is 0. The zero-order chi connectivity index (χ0) is 15.8. The summed E-state index contributed by atoms with van der Waals surface area (Å²) in [4.78, 5) is 7.27. The van der Waals surface area contributed by atoms with Crippen LogP contribution in [0.25, 0.3) is 0 Å². The molecule has 124 valence electrons. The van der Waals surface area contributed by atoms with Gasteiger partial charge in [-0.25, -0.2) is 0 Å². The van der Waals surface area contributed by atoms with Crippen LogP contribution in [0.5, 0.6) is 0 Å². The van der Waals surface area contributed by atoms with E-state index in [0.717, 1.165) is 32.5 Å². The first-order chi connectivity index (χ1) is 10.7. The summed E-state index contributed by atoms with van der Waals surface area (Å²) in [6, 6.07) is 8.84. The fraction of sp³-hybridized carbons (Fsp3) is 0.667. The zero-order valence-electron chi connectivity index (χ0n) is 14.2. The van der Waals surface area contributed by atoms with Crippen LogP contribution in [0.4, 0.5) is 5.69 Å². The van der Waals surface area contributed by atoms with Gasteiger partial charge in [-0.3, -0.25) is 4.90 Å². The second-order valence-electron chi connectivity index (χ2n) is 6.47. The molecule has 0 bridgehead atoms. The van der Waals surface area contributed by atoms with E-state index in [1.165, 1.54) is 37.3 Å². The molecule has 1 aliphatic rings. The molecule has 0 saturated carbocycles. The number of nitrogens with zero attached hydrogens (tertiary/aromatic N) is 3. The van der Waals surface area contributed by atoms with Gasteiger partial charge in [0.25, 0.3) is 0 Å². The van der Waals surface area contributed by atoms with Crippen LogP contribution in [0.2, 0.25) is 0 Å². The van der Waals surface area contributed by atoms with Crippen molar-refractivity contribution < 1.29 is 5.11 Å². The molecule has 0 aromatic heterocycles. The van der Waals surface area contributed by atoms with Crippen molar-refractivity contribution in [2.45, 2.75) is 25.8 Å². The number of rotatable bonds is 8. The highest BCUT2D eigenvalue weighted by Crippen LogP contribution is 2.16. The van der Waals surface area contributed by atoms with Gasteiger partial charge in [-0.1, -0.05) is 12.1 Å². The summed E-state index contributed by atoms with van der Waals surface area (Å²) in [6.45, 7) is 7.24. The fourth-order valence-corrected chi connectivity index (χ4v) is 2.99. The van der Waals surface area contributed by atoms with E-state index >= 15 is 0 Å². The number of anilines is 1. The maximum absolute atomic E-state index is 8.81. The molecule has 4 nitrogen and oxygen atoms in total. The zero-order valence-corrected chi connectivity index (χ0v) is 14.2. The van der Waals surface area contributed by atoms with Crippen LogP contribution in [0.3, 0.4) is 0 Å². The molecule has 1 saturated heterocycles. The summed E-state index contributed by atoms with van der Waals surface area (Å²) < 4.78 is 0. The number of aliphatic hydroxyl groups excluding tert-OH is 1. The molecule has 1 fully saturated rings. The van der Waals surface area contributed by atoms with E-state index in [4.69, 9.17) is 5.11 Å². The second kappa shape index (κ2) is 9.13. The molecule has 0 unspecified atom stereocenters. The quantitative estimate of drug-likeness (QED) is 0.744. The third kappa shape index (κ3) is 5.59. The molecule has 0 spiro atoms. The lowest BCUT2D eigenvalue weighted by molar-refractivity contribution is 0.125. The molecule has 0 aliphatic carbocycles. The highest BCUT2D eigenvalue weighted by Gasteiger charge is 2.16. The van der Waals surface area contributed by atoms with Gasteiger partial charge in [0.15, 0.2) is 0 Å². The molecular weight excluding hydrogens is 274 g/mol. The van der Waals surface area contributed by atoms with E-state index in [9.17, 15) is 0 Å². The number of benzene rings is 1. The Morgan fingerprint density at radius 1 is 1.00 bits per heavy atom. The van der Waals surface area contributed by atoms with Crippen LogP contribution in [-0.2, 0) is 6.54 Å². The molecule has 0 radical (unpaired) electrons. The molecule has 1 aromatic carbocycles. The number of piperazine rings is 1. The lowest BCUT2D eigenvalue weighted by atomic mass is 10.1. The van der Waals surface area contributed by atoms with Crippen molar-refractivity contribution in [2.24, 2.45) is 0 Å². The van der Waals surface area contributed by atoms with Gasteiger partial charge in [0, 0.05) is 59.1 Å². The van der Waals surface area contributed by atoms with E-state index in [2.05, 4.69) is 53.1 Å². The highest BCUT2D eigenvalue weighted by molar-refractivity contribution is 5.47. The van der Waals surface area contributed by atoms with E-state index < -0.39 is 0 Å². The van der Waals surface area contributed by atoms with Crippen LogP contribution >= 0.6 is 0 Å². The van der Waals surface area contributed by atoms with Gasteiger partial charge >= 0.3 is 0 Å². The van der Waals surface area contributed by atoms with E-state index in [1.807, 2.05) is 0 Å². The molecule has 0 amide bonds. The minimum atomic E-state index is 0.333. The third-order valence-corrected chi connectivity index (χ3v) is 4.43. The van der Waals surface area contributed by atoms with Crippen molar-refractivity contribution in [2.75, 3.05) is 58.3 Å². The fourth-order valence-electron chi connectivity index (χ4n) is 2.99. The van der Waals surface area contributed by atoms with Crippen LogP contribution in [0, 0.1) is 0 Å². The van der Waals surface area contributed by atoms with Gasteiger partial charge in [0.2, 0.25) is 0 Å². The number of hydrogen-bond acceptors (Lipinski definition) is 4. The summed E-state index contributed by atoms with van der Waals surface area (Å²) in [7, 11) is 4.18. The number of unbranched alkanes of at least 4 members (excludes halogenated alkanes) is 2. The minimum Gasteiger partial charge on any atom is -0.396 e. The van der Waals surface area contributed by atoms with Crippen molar-refractivity contribution in [1.82, 2.24) is 9.80 Å². The largest absolute Gasteiger partial charge is 0.396 e. The average Bonchev–Trinajstić information content (AvgIpc) is 2.53.